The molecule has 0 radical (unpaired) electrons. The Labute approximate surface area is 208 Å². The molecule has 3 amide bonds. The molecule has 1 aliphatic heterocycles. The summed E-state index contributed by atoms with van der Waals surface area (Å²) in [5, 5.41) is 2.25. The fourth-order valence-electron chi connectivity index (χ4n) is 2.94. The van der Waals surface area contributed by atoms with Gasteiger partial charge in [0.25, 0.3) is 11.1 Å². The normalized spacial score (nSPS) is 14.8. The van der Waals surface area contributed by atoms with Crippen molar-refractivity contribution in [3.05, 3.63) is 50.4 Å². The summed E-state index contributed by atoms with van der Waals surface area (Å²) in [6, 6.07) is 10.9. The summed E-state index contributed by atoms with van der Waals surface area (Å²) in [5.41, 5.74) is 1.30. The molecule has 2 aromatic rings. The van der Waals surface area contributed by atoms with Gasteiger partial charge in [-0.25, -0.2) is 0 Å². The highest BCUT2D eigenvalue weighted by Gasteiger charge is 2.36. The molecule has 10 heteroatoms. The van der Waals surface area contributed by atoms with Crippen LogP contribution in [0.3, 0.4) is 0 Å². The third-order valence-electron chi connectivity index (χ3n) is 4.37. The van der Waals surface area contributed by atoms with E-state index in [1.54, 1.807) is 37.1 Å². The summed E-state index contributed by atoms with van der Waals surface area (Å²) < 4.78 is 11.8. The van der Waals surface area contributed by atoms with Gasteiger partial charge in [-0.3, -0.25) is 19.3 Å². The van der Waals surface area contributed by atoms with Crippen molar-refractivity contribution in [2.75, 3.05) is 31.8 Å². The average Bonchev–Trinajstić information content (AvgIpc) is 3.02. The van der Waals surface area contributed by atoms with Gasteiger partial charge in [0.05, 0.1) is 22.2 Å². The van der Waals surface area contributed by atoms with E-state index in [2.05, 4.69) is 27.9 Å². The van der Waals surface area contributed by atoms with Crippen LogP contribution in [0, 0.1) is 3.57 Å². The number of imide groups is 1. The van der Waals surface area contributed by atoms with Gasteiger partial charge < -0.3 is 14.8 Å². The van der Waals surface area contributed by atoms with E-state index >= 15 is 0 Å². The Bertz CT molecular complexity index is 1090. The highest BCUT2D eigenvalue weighted by Crippen LogP contribution is 2.37. The van der Waals surface area contributed by atoms with Crippen LogP contribution >= 0.6 is 46.1 Å². The number of nitrogens with zero attached hydrogens (tertiary/aromatic N) is 1. The van der Waals surface area contributed by atoms with Gasteiger partial charge in [-0.2, -0.15) is 0 Å². The number of nitrogens with one attached hydrogen (secondary N) is 1. The fourth-order valence-corrected chi connectivity index (χ4v) is 5.02. The number of hydrogen-bond donors (Lipinski definition) is 1. The summed E-state index contributed by atoms with van der Waals surface area (Å²) in [6.45, 7) is 2.03. The van der Waals surface area contributed by atoms with Crippen molar-refractivity contribution in [1.82, 2.24) is 4.90 Å². The number of benzene rings is 2. The molecule has 0 aliphatic carbocycles. The molecule has 0 unspecified atom stereocenters. The molecule has 168 valence electrons. The van der Waals surface area contributed by atoms with Crippen LogP contribution in [0.5, 0.6) is 11.5 Å². The zero-order valence-corrected chi connectivity index (χ0v) is 21.4. The Balaban J connectivity index is 1.74. The predicted octanol–water partition coefficient (Wildman–Crippen LogP) is 5.10. The lowest BCUT2D eigenvalue weighted by Gasteiger charge is -2.13. The molecule has 7 nitrogen and oxygen atoms in total. The molecule has 0 aromatic heterocycles. The number of halogens is 1. The second-order valence-electron chi connectivity index (χ2n) is 6.52. The largest absolute Gasteiger partial charge is 0.493 e. The van der Waals surface area contributed by atoms with Gasteiger partial charge in [0.15, 0.2) is 11.5 Å². The Morgan fingerprint density at radius 3 is 2.75 bits per heavy atom. The van der Waals surface area contributed by atoms with Crippen LogP contribution in [0.1, 0.15) is 12.5 Å². The highest BCUT2D eigenvalue weighted by atomic mass is 127. The Morgan fingerprint density at radius 2 is 2.06 bits per heavy atom. The molecule has 32 heavy (non-hydrogen) atoms. The number of carbonyl (C=O) groups is 3. The van der Waals surface area contributed by atoms with Crippen molar-refractivity contribution in [3.63, 3.8) is 0 Å². The Kier molecular flexibility index (Phi) is 8.49. The third-order valence-corrected chi connectivity index (χ3v) is 6.80. The number of hydrogen-bond acceptors (Lipinski definition) is 7. The molecule has 1 aliphatic rings. The first-order chi connectivity index (χ1) is 15.4. The standard InChI is InChI=1S/C22H21IN2O5S2/c1-4-30-20-16(23)8-13(9-17(20)29-2)10-18-21(27)25(22(28)32-18)12-19(26)24-14-6-5-7-15(11-14)31-3/h5-11H,4,12H2,1-3H3,(H,24,26)/b18-10+. The number of rotatable bonds is 8. The first-order valence-corrected chi connectivity index (χ1v) is 12.7. The van der Waals surface area contributed by atoms with E-state index < -0.39 is 17.1 Å². The van der Waals surface area contributed by atoms with Gasteiger partial charge >= 0.3 is 0 Å². The molecule has 1 saturated heterocycles. The lowest BCUT2D eigenvalue weighted by atomic mass is 10.2. The molecule has 0 saturated carbocycles. The van der Waals surface area contributed by atoms with E-state index in [1.165, 1.54) is 0 Å². The van der Waals surface area contributed by atoms with Crippen LogP contribution in [0.4, 0.5) is 10.5 Å². The first kappa shape index (κ1) is 24.5. The quantitative estimate of drug-likeness (QED) is 0.263. The lowest BCUT2D eigenvalue weighted by molar-refractivity contribution is -0.127. The van der Waals surface area contributed by atoms with Crippen LogP contribution < -0.4 is 14.8 Å². The van der Waals surface area contributed by atoms with E-state index in [0.29, 0.717) is 29.4 Å². The average molecular weight is 584 g/mol. The molecule has 1 fully saturated rings. The van der Waals surface area contributed by atoms with Crippen molar-refractivity contribution < 1.29 is 23.9 Å². The van der Waals surface area contributed by atoms with Gasteiger partial charge in [-0.05, 0) is 89.5 Å². The molecule has 1 N–H and O–H groups in total. The summed E-state index contributed by atoms with van der Waals surface area (Å²) in [6.07, 6.45) is 3.56. The molecule has 3 rings (SSSR count). The molecule has 0 bridgehead atoms. The third kappa shape index (κ3) is 5.78. The monoisotopic (exact) mass is 584 g/mol. The van der Waals surface area contributed by atoms with Gasteiger partial charge in [0.1, 0.15) is 6.54 Å². The van der Waals surface area contributed by atoms with E-state index in [4.69, 9.17) is 9.47 Å². The van der Waals surface area contributed by atoms with Gasteiger partial charge in [-0.1, -0.05) is 6.07 Å². The van der Waals surface area contributed by atoms with Crippen LogP contribution in [0.25, 0.3) is 6.08 Å². The molecule has 0 atom stereocenters. The topological polar surface area (TPSA) is 84.9 Å². The van der Waals surface area contributed by atoms with Crippen LogP contribution in [-0.2, 0) is 9.59 Å². The summed E-state index contributed by atoms with van der Waals surface area (Å²) in [7, 11) is 1.54. The second-order valence-corrected chi connectivity index (χ2v) is 9.55. The number of amides is 3. The van der Waals surface area contributed by atoms with Crippen LogP contribution in [0.2, 0.25) is 0 Å². The number of anilines is 1. The smallest absolute Gasteiger partial charge is 0.294 e. The maximum Gasteiger partial charge on any atom is 0.294 e. The highest BCUT2D eigenvalue weighted by molar-refractivity contribution is 14.1. The number of methoxy groups -OCH3 is 1. The SMILES string of the molecule is CCOc1c(I)cc(/C=C2/SC(=O)N(CC(=O)Nc3cccc(SC)c3)C2=O)cc1OC. The minimum Gasteiger partial charge on any atom is -0.493 e. The molecule has 0 spiro atoms. The number of thioether (sulfide) groups is 2. The zero-order valence-electron chi connectivity index (χ0n) is 17.6. The van der Waals surface area contributed by atoms with Crippen molar-refractivity contribution in [2.24, 2.45) is 0 Å². The van der Waals surface area contributed by atoms with E-state index in [0.717, 1.165) is 25.1 Å². The van der Waals surface area contributed by atoms with Crippen molar-refractivity contribution >= 4 is 74.9 Å². The van der Waals surface area contributed by atoms with E-state index in [1.807, 2.05) is 37.4 Å². The van der Waals surface area contributed by atoms with Crippen molar-refractivity contribution in [3.8, 4) is 11.5 Å². The van der Waals surface area contributed by atoms with Crippen LogP contribution in [-0.4, -0.2) is 48.5 Å². The van der Waals surface area contributed by atoms with Gasteiger partial charge in [0.2, 0.25) is 5.91 Å². The maximum absolute atomic E-state index is 12.8. The summed E-state index contributed by atoms with van der Waals surface area (Å²) in [5.74, 6) is 0.221. The van der Waals surface area contributed by atoms with E-state index in [-0.39, 0.29) is 11.4 Å². The van der Waals surface area contributed by atoms with Crippen molar-refractivity contribution in [2.45, 2.75) is 11.8 Å². The fraction of sp³-hybridized carbons (Fsp3) is 0.227. The van der Waals surface area contributed by atoms with Gasteiger partial charge in [0, 0.05) is 10.6 Å². The molecular formula is C22H21IN2O5S2. The summed E-state index contributed by atoms with van der Waals surface area (Å²) >= 11 is 4.49. The van der Waals surface area contributed by atoms with Crippen molar-refractivity contribution in [1.29, 1.82) is 0 Å². The first-order valence-electron chi connectivity index (χ1n) is 9.55. The van der Waals surface area contributed by atoms with Crippen LogP contribution in [0.15, 0.2) is 46.2 Å². The lowest BCUT2D eigenvalue weighted by Crippen LogP contribution is -2.36. The molecule has 2 aromatic carbocycles. The predicted molar refractivity (Wildman–Crippen MR) is 136 cm³/mol. The second kappa shape index (κ2) is 11.1. The molecular weight excluding hydrogens is 563 g/mol. The van der Waals surface area contributed by atoms with Gasteiger partial charge in [-0.15, -0.1) is 11.8 Å². The Hall–Kier alpha value is -2.18. The minimum atomic E-state index is -0.504. The van der Waals surface area contributed by atoms with E-state index in [9.17, 15) is 14.4 Å². The zero-order chi connectivity index (χ0) is 23.3. The maximum atomic E-state index is 12.8. The number of ether oxygens (including phenoxy) is 2. The minimum absolute atomic E-state index is 0.245. The summed E-state index contributed by atoms with van der Waals surface area (Å²) in [4.78, 5) is 39.8. The number of carbonyl (C=O) groups excluding carboxylic acids is 3. The molecule has 1 heterocycles. The Morgan fingerprint density at radius 1 is 1.28 bits per heavy atom.